The van der Waals surface area contributed by atoms with Gasteiger partial charge in [0.1, 0.15) is 0 Å². The summed E-state index contributed by atoms with van der Waals surface area (Å²) >= 11 is 5.89. The van der Waals surface area contributed by atoms with Gasteiger partial charge in [-0.25, -0.2) is 8.42 Å². The van der Waals surface area contributed by atoms with E-state index in [0.717, 1.165) is 17.7 Å². The number of carbonyl (C=O) groups excluding carboxylic acids is 1. The Balaban J connectivity index is 1.83. The van der Waals surface area contributed by atoms with Crippen LogP contribution in [0.1, 0.15) is 18.4 Å². The Hall–Kier alpha value is -2.05. The van der Waals surface area contributed by atoms with Crippen molar-refractivity contribution in [3.05, 3.63) is 53.1 Å². The lowest BCUT2D eigenvalue weighted by Gasteiger charge is -2.16. The van der Waals surface area contributed by atoms with E-state index < -0.39 is 10.0 Å². The summed E-state index contributed by atoms with van der Waals surface area (Å²) < 4.78 is 27.6. The van der Waals surface area contributed by atoms with E-state index in [1.165, 1.54) is 12.1 Å². The highest BCUT2D eigenvalue weighted by Crippen LogP contribution is 2.25. The Morgan fingerprint density at radius 3 is 2.42 bits per heavy atom. The highest BCUT2D eigenvalue weighted by atomic mass is 35.5. The maximum Gasteiger partial charge on any atom is 0.261 e. The Labute approximate surface area is 146 Å². The van der Waals surface area contributed by atoms with Gasteiger partial charge in [-0.2, -0.15) is 0 Å². The van der Waals surface area contributed by atoms with Crippen LogP contribution < -0.4 is 9.62 Å². The van der Waals surface area contributed by atoms with E-state index in [-0.39, 0.29) is 10.8 Å². The molecule has 126 valence electrons. The zero-order chi connectivity index (χ0) is 17.3. The molecule has 0 aromatic heterocycles. The van der Waals surface area contributed by atoms with Crippen LogP contribution in [0.15, 0.2) is 47.4 Å². The molecule has 1 N–H and O–H groups in total. The number of nitrogens with one attached hydrogen (secondary N) is 1. The molecule has 5 nitrogen and oxygen atoms in total. The van der Waals surface area contributed by atoms with Crippen molar-refractivity contribution < 1.29 is 13.2 Å². The fraction of sp³-hybridized carbons (Fsp3) is 0.235. The number of sulfonamides is 1. The summed E-state index contributed by atoms with van der Waals surface area (Å²) in [6.07, 6.45) is 1.37. The molecule has 2 aromatic rings. The molecular formula is C17H17ClN2O3S. The Morgan fingerprint density at radius 2 is 1.83 bits per heavy atom. The molecule has 1 amide bonds. The Morgan fingerprint density at radius 1 is 1.12 bits per heavy atom. The van der Waals surface area contributed by atoms with Gasteiger partial charge in [-0.1, -0.05) is 11.6 Å². The number of amides is 1. The Kier molecular flexibility index (Phi) is 4.51. The molecule has 1 fully saturated rings. The third-order valence-electron chi connectivity index (χ3n) is 3.96. The monoisotopic (exact) mass is 364 g/mol. The van der Waals surface area contributed by atoms with Crippen molar-refractivity contribution >= 4 is 38.9 Å². The lowest BCUT2D eigenvalue weighted by molar-refractivity contribution is -0.117. The van der Waals surface area contributed by atoms with E-state index in [1.807, 2.05) is 0 Å². The van der Waals surface area contributed by atoms with Crippen molar-refractivity contribution in [3.8, 4) is 0 Å². The molecule has 1 aliphatic heterocycles. The highest BCUT2D eigenvalue weighted by Gasteiger charge is 2.22. The molecule has 0 bridgehead atoms. The molecule has 1 aliphatic rings. The van der Waals surface area contributed by atoms with E-state index in [0.29, 0.717) is 23.7 Å². The van der Waals surface area contributed by atoms with Gasteiger partial charge in [-0.05, 0) is 61.4 Å². The van der Waals surface area contributed by atoms with E-state index in [4.69, 9.17) is 11.6 Å². The minimum atomic E-state index is -3.70. The quantitative estimate of drug-likeness (QED) is 0.901. The van der Waals surface area contributed by atoms with Crippen LogP contribution in [-0.4, -0.2) is 20.9 Å². The molecule has 1 saturated heterocycles. The summed E-state index contributed by atoms with van der Waals surface area (Å²) in [7, 11) is -3.70. The van der Waals surface area contributed by atoms with Crippen molar-refractivity contribution in [2.24, 2.45) is 0 Å². The topological polar surface area (TPSA) is 66.5 Å². The first-order chi connectivity index (χ1) is 11.4. The normalized spacial score (nSPS) is 14.9. The van der Waals surface area contributed by atoms with Crippen LogP contribution in [-0.2, 0) is 14.8 Å². The third-order valence-corrected chi connectivity index (χ3v) is 5.58. The molecule has 0 radical (unpaired) electrons. The second-order valence-corrected chi connectivity index (χ2v) is 7.83. The number of hydrogen-bond donors (Lipinski definition) is 1. The molecule has 0 atom stereocenters. The number of aryl methyl sites for hydroxylation is 1. The van der Waals surface area contributed by atoms with E-state index in [1.54, 1.807) is 42.2 Å². The van der Waals surface area contributed by atoms with Gasteiger partial charge in [0, 0.05) is 23.7 Å². The lowest BCUT2D eigenvalue weighted by Crippen LogP contribution is -2.23. The van der Waals surface area contributed by atoms with Crippen LogP contribution in [0.4, 0.5) is 11.4 Å². The number of anilines is 2. The Bertz CT molecular complexity index is 879. The maximum atomic E-state index is 12.5. The van der Waals surface area contributed by atoms with Crippen LogP contribution in [0.25, 0.3) is 0 Å². The standard InChI is InChI=1S/C17H17ClN2O3S/c1-12-11-13(18)4-9-16(12)19-24(22,23)15-7-5-14(6-8-15)20-10-2-3-17(20)21/h4-9,11,19H,2-3,10H2,1H3. The zero-order valence-corrected chi connectivity index (χ0v) is 14.7. The minimum Gasteiger partial charge on any atom is -0.312 e. The minimum absolute atomic E-state index is 0.0699. The van der Waals surface area contributed by atoms with Gasteiger partial charge in [0.25, 0.3) is 10.0 Å². The lowest BCUT2D eigenvalue weighted by atomic mass is 10.2. The summed E-state index contributed by atoms with van der Waals surface area (Å²) in [5.74, 6) is 0.0699. The van der Waals surface area contributed by atoms with Crippen molar-refractivity contribution in [1.82, 2.24) is 0 Å². The van der Waals surface area contributed by atoms with Crippen LogP contribution in [0.3, 0.4) is 0 Å². The largest absolute Gasteiger partial charge is 0.312 e. The molecule has 0 spiro atoms. The van der Waals surface area contributed by atoms with Crippen LogP contribution in [0.5, 0.6) is 0 Å². The van der Waals surface area contributed by atoms with E-state index >= 15 is 0 Å². The van der Waals surface area contributed by atoms with Crippen molar-refractivity contribution in [3.63, 3.8) is 0 Å². The van der Waals surface area contributed by atoms with Crippen LogP contribution in [0.2, 0.25) is 5.02 Å². The average molecular weight is 365 g/mol. The van der Waals surface area contributed by atoms with Gasteiger partial charge in [0.05, 0.1) is 10.6 Å². The SMILES string of the molecule is Cc1cc(Cl)ccc1NS(=O)(=O)c1ccc(N2CCCC2=O)cc1. The fourth-order valence-corrected chi connectivity index (χ4v) is 4.03. The number of hydrogen-bond acceptors (Lipinski definition) is 3. The summed E-state index contributed by atoms with van der Waals surface area (Å²) in [4.78, 5) is 13.6. The second kappa shape index (κ2) is 6.45. The summed E-state index contributed by atoms with van der Waals surface area (Å²) in [5.41, 5.74) is 1.95. The third kappa shape index (κ3) is 3.39. The first-order valence-corrected chi connectivity index (χ1v) is 9.42. The van der Waals surface area contributed by atoms with Gasteiger partial charge in [0.15, 0.2) is 0 Å². The van der Waals surface area contributed by atoms with Gasteiger partial charge in [0.2, 0.25) is 5.91 Å². The summed E-state index contributed by atoms with van der Waals surface area (Å²) in [6, 6.07) is 11.3. The maximum absolute atomic E-state index is 12.5. The van der Waals surface area contributed by atoms with Gasteiger partial charge in [-0.3, -0.25) is 9.52 Å². The average Bonchev–Trinajstić information content (AvgIpc) is 2.96. The molecule has 1 heterocycles. The first-order valence-electron chi connectivity index (χ1n) is 7.56. The smallest absolute Gasteiger partial charge is 0.261 e. The van der Waals surface area contributed by atoms with Gasteiger partial charge < -0.3 is 4.90 Å². The predicted molar refractivity (Wildman–Crippen MR) is 95.0 cm³/mol. The van der Waals surface area contributed by atoms with Crippen molar-refractivity contribution in [2.75, 3.05) is 16.2 Å². The number of carbonyl (C=O) groups is 1. The molecule has 3 rings (SSSR count). The van der Waals surface area contributed by atoms with Gasteiger partial charge in [-0.15, -0.1) is 0 Å². The molecule has 24 heavy (non-hydrogen) atoms. The number of halogens is 1. The molecule has 0 unspecified atom stereocenters. The summed E-state index contributed by atoms with van der Waals surface area (Å²) in [6.45, 7) is 2.46. The number of nitrogens with zero attached hydrogens (tertiary/aromatic N) is 1. The van der Waals surface area contributed by atoms with E-state index in [9.17, 15) is 13.2 Å². The number of benzene rings is 2. The molecule has 7 heteroatoms. The van der Waals surface area contributed by atoms with Crippen molar-refractivity contribution in [2.45, 2.75) is 24.7 Å². The predicted octanol–water partition coefficient (Wildman–Crippen LogP) is 3.58. The van der Waals surface area contributed by atoms with E-state index in [2.05, 4.69) is 4.72 Å². The number of rotatable bonds is 4. The zero-order valence-electron chi connectivity index (χ0n) is 13.1. The summed E-state index contributed by atoms with van der Waals surface area (Å²) in [5, 5.41) is 0.551. The van der Waals surface area contributed by atoms with Crippen molar-refractivity contribution in [1.29, 1.82) is 0 Å². The molecule has 0 aliphatic carbocycles. The molecule has 2 aromatic carbocycles. The molecular weight excluding hydrogens is 348 g/mol. The van der Waals surface area contributed by atoms with Crippen LogP contribution in [0, 0.1) is 6.92 Å². The van der Waals surface area contributed by atoms with Crippen LogP contribution >= 0.6 is 11.6 Å². The fourth-order valence-electron chi connectivity index (χ4n) is 2.67. The highest BCUT2D eigenvalue weighted by molar-refractivity contribution is 7.92. The second-order valence-electron chi connectivity index (χ2n) is 5.71. The first kappa shape index (κ1) is 16.8. The van der Waals surface area contributed by atoms with Gasteiger partial charge >= 0.3 is 0 Å². The molecule has 0 saturated carbocycles.